The third-order valence-electron chi connectivity index (χ3n) is 23.0. The lowest BCUT2D eigenvalue weighted by Crippen LogP contribution is -2.66. The fourth-order valence-corrected chi connectivity index (χ4v) is 17.0. The maximum Gasteiger partial charge on any atom is 0.187 e. The van der Waals surface area contributed by atoms with Crippen molar-refractivity contribution in [1.29, 1.82) is 0 Å². The second-order valence-corrected chi connectivity index (χ2v) is 29.2. The number of aliphatic hydroxyl groups is 18. The summed E-state index contributed by atoms with van der Waals surface area (Å²) in [7, 11) is 0. The van der Waals surface area contributed by atoms with Crippen LogP contribution >= 0.6 is 0 Å². The monoisotopic (exact) mass is 1300 g/mol. The molecule has 0 aromatic heterocycles. The Kier molecular flexibility index (Phi) is 22.0. The van der Waals surface area contributed by atoms with Crippen molar-refractivity contribution in [3.8, 4) is 0 Å². The van der Waals surface area contributed by atoms with Crippen LogP contribution in [-0.2, 0) is 52.2 Å². The number of fused-ring (bicyclic) bond motifs is 5. The highest BCUT2D eigenvalue weighted by Gasteiger charge is 2.72. The molecule has 5 aliphatic heterocycles. The van der Waals surface area contributed by atoms with Crippen molar-refractivity contribution in [1.82, 2.24) is 0 Å². The molecule has 3 saturated carbocycles. The first kappa shape index (κ1) is 72.6. The molecular weight excluding hydrogens is 1200 g/mol. The summed E-state index contributed by atoms with van der Waals surface area (Å²) in [6.45, 7) is 13.2. The van der Waals surface area contributed by atoms with E-state index in [2.05, 4.69) is 19.9 Å². The highest BCUT2D eigenvalue weighted by Crippen LogP contribution is 2.74. The standard InChI is InChI=1S/C61H102O29/c1-24-27(19-62)83-51(46(75)37(24)66)81-22-30-40(69)44(73)48(77)53(86-30)89-36(57(4,5)79)15-17-60(8,80)32-14-16-58(6)33-12-10-25-26(61(33,9)34(65)18-59(32,58)7)11-13-35(56(25,2)3)88-55-50(90-54-49(78)43(72)39(68)29(21-64)85-54)45(74)41(70)31(87-55)23-82-52-47(76)42(71)38(67)28(20-63)84-52/h10,24,26-33,35-55,62-64,66-80H,11-23H2,1-9H3/t24-,26-,27-,28-,29-,30-,31-,32+,33+,35+,36-,37+,38-,39-,40-,41-,42+,43+,44+,45+,46-,47-,48-,49-,50-,51-,52-,53+,54+,55+,58+,59-,60+,61+/m1/s1. The molecule has 0 aromatic carbocycles. The summed E-state index contributed by atoms with van der Waals surface area (Å²) in [6.07, 6.45) is -36.5. The van der Waals surface area contributed by atoms with Crippen LogP contribution in [0, 0.1) is 45.3 Å². The van der Waals surface area contributed by atoms with Crippen molar-refractivity contribution in [3.63, 3.8) is 0 Å². The third kappa shape index (κ3) is 12.9. The zero-order valence-corrected chi connectivity index (χ0v) is 52.6. The van der Waals surface area contributed by atoms with Gasteiger partial charge >= 0.3 is 0 Å². The lowest BCUT2D eigenvalue weighted by atomic mass is 9.38. The van der Waals surface area contributed by atoms with E-state index in [0.717, 1.165) is 5.57 Å². The molecule has 0 bridgehead atoms. The van der Waals surface area contributed by atoms with Gasteiger partial charge in [-0.05, 0) is 94.3 Å². The molecular formula is C61H102O29. The molecule has 4 aliphatic carbocycles. The predicted molar refractivity (Wildman–Crippen MR) is 304 cm³/mol. The van der Waals surface area contributed by atoms with Crippen molar-refractivity contribution < 1.29 is 144 Å². The second kappa shape index (κ2) is 27.3. The van der Waals surface area contributed by atoms with Gasteiger partial charge in [-0.25, -0.2) is 0 Å². The van der Waals surface area contributed by atoms with Crippen LogP contribution in [0.25, 0.3) is 0 Å². The summed E-state index contributed by atoms with van der Waals surface area (Å²) in [6, 6.07) is 0. The maximum absolute atomic E-state index is 15.5. The number of allylic oxidation sites excluding steroid dienone is 1. The number of ether oxygens (including phenoxy) is 10. The summed E-state index contributed by atoms with van der Waals surface area (Å²) < 4.78 is 59.6. The fraction of sp³-hybridized carbons (Fsp3) is 0.951. The van der Waals surface area contributed by atoms with Crippen molar-refractivity contribution in [3.05, 3.63) is 11.6 Å². The second-order valence-electron chi connectivity index (χ2n) is 29.2. The van der Waals surface area contributed by atoms with Crippen LogP contribution in [0.1, 0.15) is 114 Å². The summed E-state index contributed by atoms with van der Waals surface area (Å²) in [5.41, 5.74) is -5.21. The van der Waals surface area contributed by atoms with Gasteiger partial charge in [0, 0.05) is 23.2 Å². The van der Waals surface area contributed by atoms with Crippen LogP contribution in [0.4, 0.5) is 0 Å². The molecule has 9 aliphatic rings. The van der Waals surface area contributed by atoms with Crippen molar-refractivity contribution in [2.75, 3.05) is 33.0 Å². The highest BCUT2D eigenvalue weighted by atomic mass is 16.8. The minimum atomic E-state index is -1.93. The van der Waals surface area contributed by atoms with Crippen LogP contribution in [0.15, 0.2) is 11.6 Å². The zero-order valence-electron chi connectivity index (χ0n) is 52.6. The molecule has 90 heavy (non-hydrogen) atoms. The van der Waals surface area contributed by atoms with E-state index in [-0.39, 0.29) is 36.9 Å². The van der Waals surface area contributed by atoms with Gasteiger partial charge in [0.15, 0.2) is 31.5 Å². The molecule has 9 rings (SSSR count). The van der Waals surface area contributed by atoms with E-state index in [0.29, 0.717) is 32.1 Å². The van der Waals surface area contributed by atoms with E-state index >= 15 is 4.79 Å². The topological polar surface area (TPSA) is 474 Å². The van der Waals surface area contributed by atoms with E-state index in [1.807, 2.05) is 20.8 Å². The van der Waals surface area contributed by atoms with Gasteiger partial charge in [0.1, 0.15) is 110 Å². The Balaban J connectivity index is 0.900. The van der Waals surface area contributed by atoms with E-state index < -0.39 is 237 Å². The fourth-order valence-electron chi connectivity index (χ4n) is 17.0. The average molecular weight is 1300 g/mol. The Bertz CT molecular complexity index is 2440. The molecule has 5 heterocycles. The van der Waals surface area contributed by atoms with Crippen molar-refractivity contribution in [2.24, 2.45) is 45.3 Å². The summed E-state index contributed by atoms with van der Waals surface area (Å²) in [4.78, 5) is 15.5. The summed E-state index contributed by atoms with van der Waals surface area (Å²) in [5, 5.41) is 195. The van der Waals surface area contributed by atoms with Gasteiger partial charge in [-0.3, -0.25) is 4.79 Å². The van der Waals surface area contributed by atoms with Crippen LogP contribution < -0.4 is 0 Å². The van der Waals surface area contributed by atoms with Gasteiger partial charge in [0.2, 0.25) is 0 Å². The van der Waals surface area contributed by atoms with Gasteiger partial charge in [-0.15, -0.1) is 0 Å². The van der Waals surface area contributed by atoms with Crippen LogP contribution in [0.2, 0.25) is 0 Å². The molecule has 0 aromatic rings. The van der Waals surface area contributed by atoms with Gasteiger partial charge in [-0.1, -0.05) is 53.2 Å². The molecule has 0 spiro atoms. The van der Waals surface area contributed by atoms with Crippen molar-refractivity contribution >= 4 is 5.78 Å². The van der Waals surface area contributed by atoms with Crippen LogP contribution in [-0.4, -0.2) is 302 Å². The SMILES string of the molecule is C[C@H]1[C@H](O)[C@@H](O)[C@H](OC[C@H]2O[C@@H](O[C@H](CC[C@](C)(O)[C@H]3CC[C@@]4(C)[C@@H]5CC=C6[C@@H](CC[C@H](O[C@@H]7O[C@H](CO[C@@H]8O[C@H](CO)[C@@H](O)[C@H](O)[C@H]8O)[C@@H](O)[C@H](O)[C@H]7O[C@@H]7O[C@H](CO)[C@@H](O)[C@H](O)[C@H]7O)C6(C)C)[C@]5(C)C(=O)C[C@]34C)C(C)(C)O)[C@H](O)[C@@H](O)[C@@H]2O)O[C@@H]1CO. The number of hydrogen-bond donors (Lipinski definition) is 18. The van der Waals surface area contributed by atoms with E-state index in [1.54, 1.807) is 13.8 Å². The third-order valence-corrected chi connectivity index (χ3v) is 23.0. The predicted octanol–water partition coefficient (Wildman–Crippen LogP) is -4.81. The lowest BCUT2D eigenvalue weighted by Gasteiger charge is -2.65. The number of hydrogen-bond acceptors (Lipinski definition) is 29. The number of ketones is 1. The summed E-state index contributed by atoms with van der Waals surface area (Å²) >= 11 is 0. The first-order valence-electron chi connectivity index (χ1n) is 31.8. The summed E-state index contributed by atoms with van der Waals surface area (Å²) in [5.74, 6) is -1.56. The van der Waals surface area contributed by atoms with E-state index in [4.69, 9.17) is 47.4 Å². The van der Waals surface area contributed by atoms with E-state index in [9.17, 15) is 91.9 Å². The Morgan fingerprint density at radius 1 is 0.556 bits per heavy atom. The number of carbonyl (C=O) groups is 1. The molecule has 8 fully saturated rings. The average Bonchev–Trinajstić information content (AvgIpc) is 1.38. The molecule has 0 amide bonds. The molecule has 0 radical (unpaired) electrons. The lowest BCUT2D eigenvalue weighted by molar-refractivity contribution is -0.379. The number of rotatable bonds is 20. The van der Waals surface area contributed by atoms with Gasteiger partial charge in [0.05, 0.1) is 68.7 Å². The molecule has 34 atom stereocenters. The molecule has 5 saturated heterocycles. The van der Waals surface area contributed by atoms with E-state index in [1.165, 1.54) is 13.8 Å². The van der Waals surface area contributed by atoms with Crippen LogP contribution in [0.5, 0.6) is 0 Å². The molecule has 29 heteroatoms. The normalized spacial score (nSPS) is 50.9. The highest BCUT2D eigenvalue weighted by molar-refractivity contribution is 5.88. The molecule has 29 nitrogen and oxygen atoms in total. The quantitative estimate of drug-likeness (QED) is 0.0509. The Labute approximate surface area is 522 Å². The smallest absolute Gasteiger partial charge is 0.187 e. The van der Waals surface area contributed by atoms with Gasteiger partial charge < -0.3 is 139 Å². The molecule has 520 valence electrons. The van der Waals surface area contributed by atoms with Crippen molar-refractivity contribution in [2.45, 2.75) is 285 Å². The van der Waals surface area contributed by atoms with Gasteiger partial charge in [0.25, 0.3) is 0 Å². The first-order chi connectivity index (χ1) is 41.9. The Hall–Kier alpha value is -1.71. The Morgan fingerprint density at radius 3 is 1.59 bits per heavy atom. The first-order valence-corrected chi connectivity index (χ1v) is 31.8. The molecule has 0 unspecified atom stereocenters. The van der Waals surface area contributed by atoms with Gasteiger partial charge in [-0.2, -0.15) is 0 Å². The number of carbonyl (C=O) groups excluding carboxylic acids is 1. The minimum Gasteiger partial charge on any atom is -0.394 e. The number of Topliss-reactive ketones (excluding diaryl/α,β-unsaturated/α-hetero) is 1. The molecule has 18 N–H and O–H groups in total. The largest absolute Gasteiger partial charge is 0.394 e. The minimum absolute atomic E-state index is 0.00283. The number of aliphatic hydroxyl groups excluding tert-OH is 16. The zero-order chi connectivity index (χ0) is 66.4. The Morgan fingerprint density at radius 2 is 1.03 bits per heavy atom. The van der Waals surface area contributed by atoms with Crippen LogP contribution in [0.3, 0.4) is 0 Å². The maximum atomic E-state index is 15.5.